The fourth-order valence-electron chi connectivity index (χ4n) is 2.92. The van der Waals surface area contributed by atoms with Gasteiger partial charge in [0.25, 0.3) is 0 Å². The van der Waals surface area contributed by atoms with E-state index in [-0.39, 0.29) is 5.56 Å². The number of rotatable bonds is 4. The highest BCUT2D eigenvalue weighted by atomic mass is 16.4. The van der Waals surface area contributed by atoms with Crippen molar-refractivity contribution in [3.63, 3.8) is 0 Å². The summed E-state index contributed by atoms with van der Waals surface area (Å²) in [7, 11) is 0. The molecule has 4 aromatic rings. The number of H-pyrrole nitrogens is 1. The number of aromatic amines is 1. The van der Waals surface area contributed by atoms with Crippen LogP contribution in [0.5, 0.6) is 0 Å². The summed E-state index contributed by atoms with van der Waals surface area (Å²) in [6.45, 7) is 0. The lowest BCUT2D eigenvalue weighted by atomic mass is 10.2. The van der Waals surface area contributed by atoms with E-state index in [2.05, 4.69) is 16.0 Å². The largest absolute Gasteiger partial charge is 0.478 e. The number of nitriles is 1. The average molecular weight is 354 g/mol. The minimum Gasteiger partial charge on any atom is -0.478 e. The smallest absolute Gasteiger partial charge is 0.335 e. The second-order valence-electron chi connectivity index (χ2n) is 5.93. The Labute approximate surface area is 154 Å². The van der Waals surface area contributed by atoms with Crippen LogP contribution in [0.1, 0.15) is 21.9 Å². The van der Waals surface area contributed by atoms with Crippen LogP contribution < -0.4 is 0 Å². The molecule has 4 rings (SSSR count). The van der Waals surface area contributed by atoms with E-state index in [1.807, 2.05) is 53.2 Å². The van der Waals surface area contributed by atoms with E-state index < -0.39 is 5.97 Å². The molecule has 0 aliphatic rings. The maximum absolute atomic E-state index is 11.2. The van der Waals surface area contributed by atoms with Gasteiger partial charge < -0.3 is 14.7 Å². The Morgan fingerprint density at radius 1 is 1.15 bits per heavy atom. The van der Waals surface area contributed by atoms with Crippen LogP contribution in [-0.2, 0) is 0 Å². The van der Waals surface area contributed by atoms with Gasteiger partial charge >= 0.3 is 5.97 Å². The number of hydrogen-bond donors (Lipinski definition) is 2. The fraction of sp³-hybridized carbons (Fsp3) is 0. The Balaban J connectivity index is 1.78. The van der Waals surface area contributed by atoms with Gasteiger partial charge in [-0.2, -0.15) is 5.26 Å². The molecule has 2 aromatic carbocycles. The summed E-state index contributed by atoms with van der Waals surface area (Å²) in [5, 5.41) is 18.8. The molecular formula is C21H14N4O2. The molecule has 0 aliphatic carbocycles. The number of nitrogens with zero attached hydrogens (tertiary/aromatic N) is 3. The van der Waals surface area contributed by atoms with Crippen molar-refractivity contribution < 1.29 is 9.90 Å². The first-order valence-electron chi connectivity index (χ1n) is 8.24. The van der Waals surface area contributed by atoms with E-state index in [4.69, 9.17) is 0 Å². The Bertz CT molecular complexity index is 1190. The van der Waals surface area contributed by atoms with Crippen LogP contribution in [0.4, 0.5) is 0 Å². The van der Waals surface area contributed by atoms with Gasteiger partial charge in [0.05, 0.1) is 22.2 Å². The minimum atomic E-state index is -0.985. The first kappa shape index (κ1) is 16.4. The number of fused-ring (bicyclic) bond motifs is 1. The van der Waals surface area contributed by atoms with Gasteiger partial charge in [-0.3, -0.25) is 0 Å². The molecule has 0 unspecified atom stereocenters. The van der Waals surface area contributed by atoms with Gasteiger partial charge in [-0.25, -0.2) is 9.78 Å². The summed E-state index contributed by atoms with van der Waals surface area (Å²) in [6.07, 6.45) is 3.55. The third kappa shape index (κ3) is 3.10. The number of imidazole rings is 1. The molecule has 2 N–H and O–H groups in total. The van der Waals surface area contributed by atoms with Crippen molar-refractivity contribution in [1.82, 2.24) is 14.5 Å². The quantitative estimate of drug-likeness (QED) is 0.539. The summed E-state index contributed by atoms with van der Waals surface area (Å²) in [6, 6.07) is 20.1. The first-order valence-corrected chi connectivity index (χ1v) is 8.24. The van der Waals surface area contributed by atoms with Gasteiger partial charge in [0.2, 0.25) is 0 Å². The third-order valence-corrected chi connectivity index (χ3v) is 4.21. The molecule has 0 spiro atoms. The highest BCUT2D eigenvalue weighted by molar-refractivity contribution is 5.90. The number of hydrogen-bond acceptors (Lipinski definition) is 3. The number of carbonyl (C=O) groups is 1. The SMILES string of the molecule is N#C/C(=C/c1cccn1-c1cccc(C(=O)O)c1)c1nc2ccccc2[nH]1. The minimum absolute atomic E-state index is 0.203. The van der Waals surface area contributed by atoms with Crippen LogP contribution in [0.15, 0.2) is 66.9 Å². The van der Waals surface area contributed by atoms with Crippen LogP contribution in [0.3, 0.4) is 0 Å². The van der Waals surface area contributed by atoms with Gasteiger partial charge in [-0.1, -0.05) is 18.2 Å². The monoisotopic (exact) mass is 354 g/mol. The van der Waals surface area contributed by atoms with Crippen LogP contribution in [-0.4, -0.2) is 25.6 Å². The van der Waals surface area contributed by atoms with Crippen LogP contribution in [0.25, 0.3) is 28.4 Å². The predicted octanol–water partition coefficient (Wildman–Crippen LogP) is 4.12. The molecule has 0 radical (unpaired) electrons. The number of carboxylic acid groups (broad SMARTS) is 1. The molecule has 2 heterocycles. The second-order valence-corrected chi connectivity index (χ2v) is 5.93. The average Bonchev–Trinajstić information content (AvgIpc) is 3.32. The topological polar surface area (TPSA) is 94.7 Å². The Hall–Kier alpha value is -4.11. The molecule has 0 saturated heterocycles. The summed E-state index contributed by atoms with van der Waals surface area (Å²) in [5.74, 6) is -0.494. The number of carboxylic acids is 1. The molecule has 0 atom stereocenters. The van der Waals surface area contributed by atoms with Crippen LogP contribution in [0.2, 0.25) is 0 Å². The predicted molar refractivity (Wildman–Crippen MR) is 102 cm³/mol. The summed E-state index contributed by atoms with van der Waals surface area (Å²) in [4.78, 5) is 18.8. The molecule has 0 aliphatic heterocycles. The second kappa shape index (κ2) is 6.65. The van der Waals surface area contributed by atoms with Crippen molar-refractivity contribution in [1.29, 1.82) is 5.26 Å². The molecule has 27 heavy (non-hydrogen) atoms. The normalized spacial score (nSPS) is 11.4. The van der Waals surface area contributed by atoms with E-state index in [0.29, 0.717) is 17.1 Å². The number of aromatic nitrogens is 3. The van der Waals surface area contributed by atoms with Crippen molar-refractivity contribution in [2.24, 2.45) is 0 Å². The van der Waals surface area contributed by atoms with Gasteiger partial charge in [-0.15, -0.1) is 0 Å². The lowest BCUT2D eigenvalue weighted by Crippen LogP contribution is -2.00. The zero-order chi connectivity index (χ0) is 18.8. The van der Waals surface area contributed by atoms with E-state index in [0.717, 1.165) is 16.7 Å². The summed E-state index contributed by atoms with van der Waals surface area (Å²) >= 11 is 0. The van der Waals surface area contributed by atoms with Gasteiger partial charge in [0, 0.05) is 17.6 Å². The Morgan fingerprint density at radius 2 is 2.00 bits per heavy atom. The molecule has 6 nitrogen and oxygen atoms in total. The van der Waals surface area contributed by atoms with Crippen LogP contribution in [0, 0.1) is 11.3 Å². The van der Waals surface area contributed by atoms with Crippen molar-refractivity contribution >= 4 is 28.7 Å². The van der Waals surface area contributed by atoms with Crippen molar-refractivity contribution in [3.8, 4) is 11.8 Å². The fourth-order valence-corrected chi connectivity index (χ4v) is 2.92. The van der Waals surface area contributed by atoms with Gasteiger partial charge in [0.15, 0.2) is 0 Å². The maximum Gasteiger partial charge on any atom is 0.335 e. The molecule has 2 aromatic heterocycles. The number of aromatic carboxylic acids is 1. The Kier molecular flexibility index (Phi) is 4.03. The van der Waals surface area contributed by atoms with Crippen LogP contribution >= 0.6 is 0 Å². The van der Waals surface area contributed by atoms with E-state index in [1.54, 1.807) is 24.3 Å². The highest BCUT2D eigenvalue weighted by Crippen LogP contribution is 2.21. The zero-order valence-electron chi connectivity index (χ0n) is 14.1. The Morgan fingerprint density at radius 3 is 2.78 bits per heavy atom. The molecule has 0 bridgehead atoms. The summed E-state index contributed by atoms with van der Waals surface area (Å²) < 4.78 is 1.83. The zero-order valence-corrected chi connectivity index (χ0v) is 14.1. The van der Waals surface area contributed by atoms with Crippen molar-refractivity contribution in [3.05, 3.63) is 83.9 Å². The standard InChI is InChI=1S/C21H14N4O2/c22-13-15(20-23-18-8-1-2-9-19(18)24-20)12-17-7-4-10-25(17)16-6-3-5-14(11-16)21(26)27/h1-12H,(H,23,24)(H,26,27)/b15-12-. The maximum atomic E-state index is 11.2. The molecule has 6 heteroatoms. The van der Waals surface area contributed by atoms with Crippen molar-refractivity contribution in [2.45, 2.75) is 0 Å². The molecular weight excluding hydrogens is 340 g/mol. The third-order valence-electron chi connectivity index (χ3n) is 4.21. The number of benzene rings is 2. The number of para-hydroxylation sites is 2. The first-order chi connectivity index (χ1) is 13.2. The number of allylic oxidation sites excluding steroid dienone is 1. The van der Waals surface area contributed by atoms with Crippen molar-refractivity contribution in [2.75, 3.05) is 0 Å². The lowest BCUT2D eigenvalue weighted by Gasteiger charge is -2.08. The summed E-state index contributed by atoms with van der Waals surface area (Å²) in [5.41, 5.74) is 3.69. The van der Waals surface area contributed by atoms with E-state index >= 15 is 0 Å². The van der Waals surface area contributed by atoms with E-state index in [9.17, 15) is 15.2 Å². The van der Waals surface area contributed by atoms with E-state index in [1.165, 1.54) is 0 Å². The number of nitrogens with one attached hydrogen (secondary N) is 1. The highest BCUT2D eigenvalue weighted by Gasteiger charge is 2.10. The molecule has 130 valence electrons. The molecule has 0 fully saturated rings. The molecule has 0 saturated carbocycles. The molecule has 0 amide bonds. The van der Waals surface area contributed by atoms with Gasteiger partial charge in [-0.05, 0) is 48.5 Å². The van der Waals surface area contributed by atoms with Gasteiger partial charge in [0.1, 0.15) is 11.9 Å². The lowest BCUT2D eigenvalue weighted by molar-refractivity contribution is 0.0697.